The Bertz CT molecular complexity index is 1440. The van der Waals surface area contributed by atoms with E-state index in [1.165, 1.54) is 18.2 Å². The van der Waals surface area contributed by atoms with Gasteiger partial charge in [0, 0.05) is 25.1 Å². The number of carboxylic acid groups (broad SMARTS) is 1. The van der Waals surface area contributed by atoms with Gasteiger partial charge in [-0.1, -0.05) is 41.1 Å². The first-order valence-corrected chi connectivity index (χ1v) is 12.5. The summed E-state index contributed by atoms with van der Waals surface area (Å²) < 4.78 is 25.9. The van der Waals surface area contributed by atoms with Crippen LogP contribution in [0, 0.1) is 12.7 Å². The Kier molecular flexibility index (Phi) is 7.21. The van der Waals surface area contributed by atoms with Crippen molar-refractivity contribution in [3.8, 4) is 22.7 Å². The molecule has 5 rings (SSSR count). The summed E-state index contributed by atoms with van der Waals surface area (Å²) in [6, 6.07) is 14.1. The Morgan fingerprint density at radius 1 is 1.08 bits per heavy atom. The van der Waals surface area contributed by atoms with Crippen LogP contribution in [0.3, 0.4) is 0 Å². The number of rotatable bonds is 8. The standard InChI is InChI=1S/C28H27FN4O5/c1-17-5-8-19(9-6-17)23-11-12-24(37-23)26(34)30-22(27(35)36)16-18-7-10-20(21(29)15-18)25-31-28(38-32-25)33-13-3-2-4-14-33/h5-12,15,22H,2-4,13-14,16H2,1H3,(H,30,34)(H,35,36). The second-order valence-electron chi connectivity index (χ2n) is 9.36. The summed E-state index contributed by atoms with van der Waals surface area (Å²) in [6.07, 6.45) is 3.10. The molecule has 1 saturated heterocycles. The minimum Gasteiger partial charge on any atom is -0.480 e. The number of hydrogen-bond acceptors (Lipinski definition) is 7. The van der Waals surface area contributed by atoms with Crippen molar-refractivity contribution in [2.24, 2.45) is 0 Å². The molecule has 1 amide bonds. The number of aromatic nitrogens is 2. The number of nitrogens with one attached hydrogen (secondary N) is 1. The number of aryl methyl sites for hydroxylation is 1. The molecule has 1 fully saturated rings. The van der Waals surface area contributed by atoms with Gasteiger partial charge in [0.2, 0.25) is 5.82 Å². The van der Waals surface area contributed by atoms with Crippen molar-refractivity contribution in [3.63, 3.8) is 0 Å². The molecule has 1 aliphatic heterocycles. The van der Waals surface area contributed by atoms with Crippen molar-refractivity contribution in [1.82, 2.24) is 15.5 Å². The van der Waals surface area contributed by atoms with Crippen LogP contribution >= 0.6 is 0 Å². The predicted molar refractivity (Wildman–Crippen MR) is 137 cm³/mol. The zero-order chi connectivity index (χ0) is 26.6. The molecule has 0 spiro atoms. The highest BCUT2D eigenvalue weighted by Crippen LogP contribution is 2.26. The lowest BCUT2D eigenvalue weighted by atomic mass is 10.0. The molecule has 1 unspecified atom stereocenters. The Balaban J connectivity index is 1.26. The zero-order valence-electron chi connectivity index (χ0n) is 20.8. The molecule has 0 saturated carbocycles. The highest BCUT2D eigenvalue weighted by Gasteiger charge is 2.24. The second-order valence-corrected chi connectivity index (χ2v) is 9.36. The molecule has 1 aliphatic rings. The minimum atomic E-state index is -1.29. The van der Waals surface area contributed by atoms with Gasteiger partial charge in [0.05, 0.1) is 5.56 Å². The zero-order valence-corrected chi connectivity index (χ0v) is 20.8. The number of amides is 1. The van der Waals surface area contributed by atoms with E-state index < -0.39 is 23.7 Å². The SMILES string of the molecule is Cc1ccc(-c2ccc(C(=O)NC(Cc3ccc(-c4noc(N5CCCCC5)n4)c(F)c3)C(=O)O)o2)cc1. The number of carbonyl (C=O) groups excluding carboxylic acids is 1. The lowest BCUT2D eigenvalue weighted by molar-refractivity contribution is -0.139. The fourth-order valence-electron chi connectivity index (χ4n) is 4.40. The fourth-order valence-corrected chi connectivity index (χ4v) is 4.40. The van der Waals surface area contributed by atoms with E-state index in [1.807, 2.05) is 36.1 Å². The third-order valence-corrected chi connectivity index (χ3v) is 6.53. The summed E-state index contributed by atoms with van der Waals surface area (Å²) in [6.45, 7) is 3.60. The van der Waals surface area contributed by atoms with Gasteiger partial charge in [0.25, 0.3) is 5.91 Å². The van der Waals surface area contributed by atoms with Crippen molar-refractivity contribution >= 4 is 17.9 Å². The molecule has 1 atom stereocenters. The number of carbonyl (C=O) groups is 2. The summed E-state index contributed by atoms with van der Waals surface area (Å²) in [7, 11) is 0. The number of hydrogen-bond donors (Lipinski definition) is 2. The van der Waals surface area contributed by atoms with Gasteiger partial charge >= 0.3 is 12.0 Å². The van der Waals surface area contributed by atoms with Gasteiger partial charge in [-0.05, 0) is 56.0 Å². The van der Waals surface area contributed by atoms with E-state index >= 15 is 0 Å². The van der Waals surface area contributed by atoms with E-state index in [9.17, 15) is 19.1 Å². The Labute approximate surface area is 218 Å². The highest BCUT2D eigenvalue weighted by molar-refractivity contribution is 5.94. The third-order valence-electron chi connectivity index (χ3n) is 6.53. The van der Waals surface area contributed by atoms with Crippen molar-refractivity contribution < 1.29 is 28.0 Å². The number of carboxylic acids is 1. The summed E-state index contributed by atoms with van der Waals surface area (Å²) in [4.78, 5) is 30.9. The van der Waals surface area contributed by atoms with Gasteiger partial charge in [0.1, 0.15) is 17.6 Å². The molecule has 4 aromatic rings. The summed E-state index contributed by atoms with van der Waals surface area (Å²) in [5, 5.41) is 16.1. The molecule has 196 valence electrons. The maximum Gasteiger partial charge on any atom is 0.326 e. The van der Waals surface area contributed by atoms with Gasteiger partial charge in [0.15, 0.2) is 5.76 Å². The number of anilines is 1. The minimum absolute atomic E-state index is 0.0185. The van der Waals surface area contributed by atoms with Crippen LogP contribution in [0.2, 0.25) is 0 Å². The average molecular weight is 519 g/mol. The maximum absolute atomic E-state index is 15.0. The first-order chi connectivity index (χ1) is 18.4. The molecule has 0 aliphatic carbocycles. The quantitative estimate of drug-likeness (QED) is 0.339. The third kappa shape index (κ3) is 5.59. The molecule has 2 N–H and O–H groups in total. The van der Waals surface area contributed by atoms with E-state index in [0.29, 0.717) is 17.3 Å². The van der Waals surface area contributed by atoms with Gasteiger partial charge in [-0.2, -0.15) is 4.98 Å². The van der Waals surface area contributed by atoms with Crippen LogP contribution in [0.5, 0.6) is 0 Å². The summed E-state index contributed by atoms with van der Waals surface area (Å²) in [5.74, 6) is -1.94. The molecular weight excluding hydrogens is 491 g/mol. The van der Waals surface area contributed by atoms with Crippen LogP contribution in [0.4, 0.5) is 10.4 Å². The van der Waals surface area contributed by atoms with Gasteiger partial charge < -0.3 is 24.3 Å². The number of benzene rings is 2. The molecule has 2 aromatic heterocycles. The number of furan rings is 1. The predicted octanol–water partition coefficient (Wildman–Crippen LogP) is 4.86. The van der Waals surface area contributed by atoms with Crippen molar-refractivity contribution in [2.45, 2.75) is 38.6 Å². The topological polar surface area (TPSA) is 122 Å². The monoisotopic (exact) mass is 518 g/mol. The van der Waals surface area contributed by atoms with E-state index in [0.717, 1.165) is 43.5 Å². The Hall–Kier alpha value is -4.47. The maximum atomic E-state index is 15.0. The number of nitrogens with zero attached hydrogens (tertiary/aromatic N) is 3. The van der Waals surface area contributed by atoms with Gasteiger partial charge in [-0.25, -0.2) is 9.18 Å². The van der Waals surface area contributed by atoms with E-state index in [4.69, 9.17) is 8.94 Å². The fraction of sp³-hybridized carbons (Fsp3) is 0.286. The largest absolute Gasteiger partial charge is 0.480 e. The van der Waals surface area contributed by atoms with Crippen molar-refractivity contribution in [3.05, 3.63) is 77.3 Å². The van der Waals surface area contributed by atoms with E-state index in [2.05, 4.69) is 15.5 Å². The van der Waals surface area contributed by atoms with E-state index in [1.54, 1.807) is 12.1 Å². The summed E-state index contributed by atoms with van der Waals surface area (Å²) in [5.41, 5.74) is 2.42. The van der Waals surface area contributed by atoms with Gasteiger partial charge in [-0.15, -0.1) is 0 Å². The van der Waals surface area contributed by atoms with Crippen molar-refractivity contribution in [1.29, 1.82) is 0 Å². The van der Waals surface area contributed by atoms with Crippen LogP contribution in [-0.2, 0) is 11.2 Å². The van der Waals surface area contributed by atoms with E-state index in [-0.39, 0.29) is 23.6 Å². The Morgan fingerprint density at radius 2 is 1.84 bits per heavy atom. The summed E-state index contributed by atoms with van der Waals surface area (Å²) >= 11 is 0. The lowest BCUT2D eigenvalue weighted by Gasteiger charge is -2.23. The molecular formula is C28H27FN4O5. The van der Waals surface area contributed by atoms with Crippen LogP contribution < -0.4 is 10.2 Å². The lowest BCUT2D eigenvalue weighted by Crippen LogP contribution is -2.42. The molecule has 0 radical (unpaired) electrons. The molecule has 0 bridgehead atoms. The van der Waals surface area contributed by atoms with Crippen LogP contribution in [0.1, 0.15) is 40.9 Å². The van der Waals surface area contributed by atoms with Crippen LogP contribution in [0.15, 0.2) is 63.5 Å². The molecule has 2 aromatic carbocycles. The molecule has 9 nitrogen and oxygen atoms in total. The van der Waals surface area contributed by atoms with Gasteiger partial charge in [-0.3, -0.25) is 4.79 Å². The van der Waals surface area contributed by atoms with Crippen LogP contribution in [-0.4, -0.2) is 46.3 Å². The Morgan fingerprint density at radius 3 is 2.55 bits per heavy atom. The number of aliphatic carboxylic acids is 1. The first kappa shape index (κ1) is 25.2. The molecule has 38 heavy (non-hydrogen) atoms. The highest BCUT2D eigenvalue weighted by atomic mass is 19.1. The van der Waals surface area contributed by atoms with Crippen LogP contribution in [0.25, 0.3) is 22.7 Å². The number of piperidine rings is 1. The smallest absolute Gasteiger partial charge is 0.326 e. The average Bonchev–Trinajstić information content (AvgIpc) is 3.60. The van der Waals surface area contributed by atoms with Crippen molar-refractivity contribution in [2.75, 3.05) is 18.0 Å². The second kappa shape index (κ2) is 10.9. The molecule has 10 heteroatoms. The number of halogens is 1. The first-order valence-electron chi connectivity index (χ1n) is 12.5. The molecule has 3 heterocycles. The normalized spacial score (nSPS) is 14.3.